The first-order valence-electron chi connectivity index (χ1n) is 12.5. The lowest BCUT2D eigenvalue weighted by Crippen LogP contribution is -2.34. The lowest BCUT2D eigenvalue weighted by atomic mass is 9.97. The van der Waals surface area contributed by atoms with Gasteiger partial charge in [-0.15, -0.1) is 10.2 Å². The molecule has 8 nitrogen and oxygen atoms in total. The van der Waals surface area contributed by atoms with E-state index in [1.165, 1.54) is 0 Å². The molecule has 1 aliphatic rings. The van der Waals surface area contributed by atoms with Gasteiger partial charge in [0.1, 0.15) is 11.5 Å². The maximum Gasteiger partial charge on any atom is 0.247 e. The quantitative estimate of drug-likeness (QED) is 0.297. The maximum atomic E-state index is 14.1. The Morgan fingerprint density at radius 1 is 1.19 bits per heavy atom. The van der Waals surface area contributed by atoms with Gasteiger partial charge in [0.2, 0.25) is 11.8 Å². The first-order chi connectivity index (χ1) is 18.0. The van der Waals surface area contributed by atoms with Crippen molar-refractivity contribution in [1.82, 2.24) is 35.1 Å². The summed E-state index contributed by atoms with van der Waals surface area (Å²) in [5, 5.41) is 22.3. The number of aromatic amines is 1. The summed E-state index contributed by atoms with van der Waals surface area (Å²) in [7, 11) is 0. The number of H-pyrrole nitrogens is 1. The van der Waals surface area contributed by atoms with Crippen LogP contribution in [0, 0.1) is 12.7 Å². The monoisotopic (exact) mass is 519 g/mol. The van der Waals surface area contributed by atoms with Crippen LogP contribution in [0.4, 0.5) is 4.39 Å². The van der Waals surface area contributed by atoms with Gasteiger partial charge in [-0.25, -0.2) is 4.39 Å². The fraction of sp³-hybridized carbons (Fsp3) is 0.333. The van der Waals surface area contributed by atoms with Crippen LogP contribution >= 0.6 is 11.6 Å². The zero-order chi connectivity index (χ0) is 25.5. The molecule has 1 fully saturated rings. The summed E-state index contributed by atoms with van der Waals surface area (Å²) in [6.45, 7) is 6.82. The third-order valence-electron chi connectivity index (χ3n) is 7.06. The van der Waals surface area contributed by atoms with Gasteiger partial charge in [0.25, 0.3) is 0 Å². The average Bonchev–Trinajstić information content (AvgIpc) is 3.66. The molecule has 0 saturated carbocycles. The first-order valence-corrected chi connectivity index (χ1v) is 12.9. The molecule has 0 radical (unpaired) electrons. The SMILES string of the molecule is CCn1cc(-c2n[nH]c3ccc(-c4nnc([C@@H]5CCCN(Cc6cc(F)c(C)cc6Cl)C5)o4)cc23)cn1. The van der Waals surface area contributed by atoms with Crippen LogP contribution in [0.15, 0.2) is 47.1 Å². The number of piperidine rings is 1. The van der Waals surface area contributed by atoms with E-state index in [1.807, 2.05) is 42.2 Å². The molecule has 0 spiro atoms. The Balaban J connectivity index is 1.22. The highest BCUT2D eigenvalue weighted by molar-refractivity contribution is 6.31. The summed E-state index contributed by atoms with van der Waals surface area (Å²) < 4.78 is 22.2. The van der Waals surface area contributed by atoms with Gasteiger partial charge in [-0.05, 0) is 74.7 Å². The molecule has 1 aliphatic heterocycles. The minimum absolute atomic E-state index is 0.108. The molecule has 0 amide bonds. The van der Waals surface area contributed by atoms with Crippen molar-refractivity contribution in [3.05, 3.63) is 70.6 Å². The summed E-state index contributed by atoms with van der Waals surface area (Å²) in [4.78, 5) is 2.27. The standard InChI is InChI=1S/C27H27ClFN7O/c1-3-36-15-20(12-30-36)25-21-10-17(6-7-24(21)31-32-25)26-33-34-27(37-26)18-5-4-8-35(13-18)14-19-11-23(29)16(2)9-22(19)28/h6-7,9-12,15,18H,3-5,8,13-14H2,1-2H3,(H,31,32)/t18-/m1/s1. The Kier molecular flexibility index (Phi) is 6.26. The molecule has 6 rings (SSSR count). The fourth-order valence-corrected chi connectivity index (χ4v) is 5.27. The van der Waals surface area contributed by atoms with E-state index in [4.69, 9.17) is 16.0 Å². The smallest absolute Gasteiger partial charge is 0.247 e. The van der Waals surface area contributed by atoms with Gasteiger partial charge in [-0.3, -0.25) is 14.7 Å². The Morgan fingerprint density at radius 2 is 2.08 bits per heavy atom. The number of nitrogens with one attached hydrogen (secondary N) is 1. The van der Waals surface area contributed by atoms with Crippen LogP contribution in [0.25, 0.3) is 33.6 Å². The van der Waals surface area contributed by atoms with Crippen LogP contribution in [0.5, 0.6) is 0 Å². The normalized spacial score (nSPS) is 16.6. The van der Waals surface area contributed by atoms with Gasteiger partial charge in [-0.1, -0.05) is 11.6 Å². The van der Waals surface area contributed by atoms with Gasteiger partial charge in [0.15, 0.2) is 0 Å². The number of hydrogen-bond acceptors (Lipinski definition) is 6. The van der Waals surface area contributed by atoms with Gasteiger partial charge in [0.05, 0.1) is 17.6 Å². The molecule has 190 valence electrons. The van der Waals surface area contributed by atoms with E-state index in [9.17, 15) is 4.39 Å². The Labute approximate surface area is 218 Å². The predicted octanol–water partition coefficient (Wildman–Crippen LogP) is 5.98. The summed E-state index contributed by atoms with van der Waals surface area (Å²) in [6, 6.07) is 9.19. The fourth-order valence-electron chi connectivity index (χ4n) is 4.99. The zero-order valence-electron chi connectivity index (χ0n) is 20.7. The van der Waals surface area contributed by atoms with Crippen molar-refractivity contribution >= 4 is 22.5 Å². The van der Waals surface area contributed by atoms with Gasteiger partial charge in [0, 0.05) is 47.4 Å². The summed E-state index contributed by atoms with van der Waals surface area (Å²) in [5.41, 5.74) is 4.91. The lowest BCUT2D eigenvalue weighted by Gasteiger charge is -2.31. The van der Waals surface area contributed by atoms with E-state index in [0.29, 0.717) is 28.9 Å². The number of aryl methyl sites for hydroxylation is 2. The molecule has 0 aliphatic carbocycles. The number of aromatic nitrogens is 6. The number of benzene rings is 2. The minimum atomic E-state index is -0.230. The number of rotatable bonds is 6. The van der Waals surface area contributed by atoms with E-state index >= 15 is 0 Å². The van der Waals surface area contributed by atoms with Crippen LogP contribution in [0.2, 0.25) is 5.02 Å². The molecule has 1 N–H and O–H groups in total. The van der Waals surface area contributed by atoms with E-state index in [0.717, 1.165) is 65.8 Å². The molecule has 2 aromatic carbocycles. The molecule has 3 aromatic heterocycles. The number of hydrogen-bond donors (Lipinski definition) is 1. The number of halogens is 2. The highest BCUT2D eigenvalue weighted by Crippen LogP contribution is 2.33. The second kappa shape index (κ2) is 9.72. The molecule has 1 atom stereocenters. The summed E-state index contributed by atoms with van der Waals surface area (Å²) >= 11 is 6.39. The topological polar surface area (TPSA) is 88.7 Å². The van der Waals surface area contributed by atoms with Crippen molar-refractivity contribution in [2.75, 3.05) is 13.1 Å². The van der Waals surface area contributed by atoms with Crippen LogP contribution in [0.3, 0.4) is 0 Å². The Bertz CT molecular complexity index is 1570. The molecule has 10 heteroatoms. The molecule has 0 unspecified atom stereocenters. The molecular weight excluding hydrogens is 493 g/mol. The van der Waals surface area contributed by atoms with Crippen molar-refractivity contribution in [3.63, 3.8) is 0 Å². The van der Waals surface area contributed by atoms with Gasteiger partial charge in [-0.2, -0.15) is 10.2 Å². The van der Waals surface area contributed by atoms with Crippen molar-refractivity contribution in [2.24, 2.45) is 0 Å². The van der Waals surface area contributed by atoms with Crippen LogP contribution in [-0.2, 0) is 13.1 Å². The average molecular weight is 520 g/mol. The minimum Gasteiger partial charge on any atom is -0.420 e. The molecule has 37 heavy (non-hydrogen) atoms. The van der Waals surface area contributed by atoms with E-state index < -0.39 is 0 Å². The van der Waals surface area contributed by atoms with Crippen molar-refractivity contribution in [1.29, 1.82) is 0 Å². The number of likely N-dealkylation sites (tertiary alicyclic amines) is 1. The van der Waals surface area contributed by atoms with Crippen LogP contribution in [-0.4, -0.2) is 48.2 Å². The molecule has 1 saturated heterocycles. The summed E-state index contributed by atoms with van der Waals surface area (Å²) in [5.74, 6) is 0.982. The second-order valence-corrected chi connectivity index (χ2v) is 10.0. The highest BCUT2D eigenvalue weighted by atomic mass is 35.5. The number of fused-ring (bicyclic) bond motifs is 1. The lowest BCUT2D eigenvalue weighted by molar-refractivity contribution is 0.186. The van der Waals surface area contributed by atoms with Gasteiger partial charge >= 0.3 is 0 Å². The Morgan fingerprint density at radius 3 is 2.92 bits per heavy atom. The van der Waals surface area contributed by atoms with E-state index in [1.54, 1.807) is 19.1 Å². The molecular formula is C27H27ClFN7O. The molecule has 4 heterocycles. The Hall–Kier alpha value is -3.56. The maximum absolute atomic E-state index is 14.1. The van der Waals surface area contributed by atoms with Crippen LogP contribution in [0.1, 0.15) is 42.7 Å². The zero-order valence-corrected chi connectivity index (χ0v) is 21.5. The van der Waals surface area contributed by atoms with Crippen molar-refractivity contribution < 1.29 is 8.81 Å². The van der Waals surface area contributed by atoms with Gasteiger partial charge < -0.3 is 4.42 Å². The third kappa shape index (κ3) is 4.65. The largest absolute Gasteiger partial charge is 0.420 e. The second-order valence-electron chi connectivity index (χ2n) is 9.63. The molecule has 5 aromatic rings. The van der Waals surface area contributed by atoms with Crippen molar-refractivity contribution in [2.45, 2.75) is 45.7 Å². The third-order valence-corrected chi connectivity index (χ3v) is 7.41. The summed E-state index contributed by atoms with van der Waals surface area (Å²) in [6.07, 6.45) is 5.76. The first kappa shape index (κ1) is 23.8. The molecule has 0 bridgehead atoms. The predicted molar refractivity (Wildman–Crippen MR) is 140 cm³/mol. The number of nitrogens with zero attached hydrogens (tertiary/aromatic N) is 6. The van der Waals surface area contributed by atoms with E-state index in [2.05, 4.69) is 30.4 Å². The van der Waals surface area contributed by atoms with Crippen molar-refractivity contribution in [3.8, 4) is 22.7 Å². The van der Waals surface area contributed by atoms with E-state index in [-0.39, 0.29) is 11.7 Å². The highest BCUT2D eigenvalue weighted by Gasteiger charge is 2.27. The van der Waals surface area contributed by atoms with Crippen LogP contribution < -0.4 is 0 Å².